The largest absolute Gasteiger partial charge is 0.370 e. The third-order valence-electron chi connectivity index (χ3n) is 5.08. The van der Waals surface area contributed by atoms with Crippen LogP contribution >= 0.6 is 0 Å². The Kier molecular flexibility index (Phi) is 7.39. The van der Waals surface area contributed by atoms with E-state index in [0.29, 0.717) is 11.4 Å². The zero-order valence-electron chi connectivity index (χ0n) is 16.8. The van der Waals surface area contributed by atoms with Crippen LogP contribution in [0, 0.1) is 17.1 Å². The van der Waals surface area contributed by atoms with E-state index in [1.54, 1.807) is 24.3 Å². The van der Waals surface area contributed by atoms with Crippen LogP contribution in [0.4, 0.5) is 21.5 Å². The molecule has 1 aliphatic rings. The number of halogens is 1. The number of hydrogen-bond acceptors (Lipinski definition) is 4. The Labute approximate surface area is 175 Å². The van der Waals surface area contributed by atoms with E-state index < -0.39 is 11.7 Å². The molecular weight excluding hydrogens is 383 g/mol. The average molecular weight is 408 g/mol. The Bertz CT molecular complexity index is 921. The van der Waals surface area contributed by atoms with Gasteiger partial charge in [-0.15, -0.1) is 0 Å². The zero-order chi connectivity index (χ0) is 21.3. The molecule has 1 aliphatic heterocycles. The number of hydrogen-bond donors (Lipinski definition) is 1. The number of anilines is 3. The van der Waals surface area contributed by atoms with Gasteiger partial charge in [0.15, 0.2) is 0 Å². The number of nitrogens with one attached hydrogen (secondary N) is 1. The summed E-state index contributed by atoms with van der Waals surface area (Å²) in [6.07, 6.45) is 2.18. The molecule has 30 heavy (non-hydrogen) atoms. The van der Waals surface area contributed by atoms with Crippen molar-refractivity contribution in [2.45, 2.75) is 32.1 Å². The lowest BCUT2D eigenvalue weighted by atomic mass is 10.2. The Morgan fingerprint density at radius 3 is 2.50 bits per heavy atom. The van der Waals surface area contributed by atoms with Gasteiger partial charge in [-0.2, -0.15) is 5.26 Å². The first-order valence-corrected chi connectivity index (χ1v) is 10.2. The predicted octanol–water partition coefficient (Wildman–Crippen LogP) is 4.09. The smallest absolute Gasteiger partial charge is 0.227 e. The topological polar surface area (TPSA) is 76.4 Å². The van der Waals surface area contributed by atoms with Gasteiger partial charge in [-0.3, -0.25) is 9.59 Å². The molecule has 3 rings (SSSR count). The summed E-state index contributed by atoms with van der Waals surface area (Å²) in [6, 6.07) is 15.8. The van der Waals surface area contributed by atoms with Crippen molar-refractivity contribution in [3.8, 4) is 6.07 Å². The molecule has 2 amide bonds. The molecule has 6 nitrogen and oxygen atoms in total. The van der Waals surface area contributed by atoms with Gasteiger partial charge in [-0.1, -0.05) is 24.3 Å². The number of carbonyl (C=O) groups excluding carboxylic acids is 2. The Morgan fingerprint density at radius 1 is 1.07 bits per heavy atom. The van der Waals surface area contributed by atoms with Crippen molar-refractivity contribution in [1.29, 1.82) is 5.26 Å². The summed E-state index contributed by atoms with van der Waals surface area (Å²) in [5, 5.41) is 11.5. The second-order valence-corrected chi connectivity index (χ2v) is 7.17. The van der Waals surface area contributed by atoms with Crippen LogP contribution < -0.4 is 15.1 Å². The third kappa shape index (κ3) is 5.35. The van der Waals surface area contributed by atoms with Gasteiger partial charge < -0.3 is 15.1 Å². The van der Waals surface area contributed by atoms with E-state index in [0.717, 1.165) is 25.9 Å². The first-order valence-electron chi connectivity index (χ1n) is 10.2. The third-order valence-corrected chi connectivity index (χ3v) is 5.08. The number of amides is 2. The molecule has 0 unspecified atom stereocenters. The number of nitriles is 1. The van der Waals surface area contributed by atoms with Gasteiger partial charge in [-0.25, -0.2) is 4.39 Å². The maximum atomic E-state index is 14.4. The molecule has 0 spiro atoms. The van der Waals surface area contributed by atoms with Crippen molar-refractivity contribution in [3.05, 3.63) is 54.3 Å². The summed E-state index contributed by atoms with van der Waals surface area (Å²) in [5.41, 5.74) is 1.52. The highest BCUT2D eigenvalue weighted by molar-refractivity contribution is 5.99. The van der Waals surface area contributed by atoms with Gasteiger partial charge in [0.1, 0.15) is 11.5 Å². The molecule has 0 radical (unpaired) electrons. The van der Waals surface area contributed by atoms with Crippen molar-refractivity contribution in [3.63, 3.8) is 0 Å². The van der Waals surface area contributed by atoms with Crippen molar-refractivity contribution < 1.29 is 14.0 Å². The number of para-hydroxylation sites is 2. The lowest BCUT2D eigenvalue weighted by molar-refractivity contribution is -0.122. The molecule has 1 saturated heterocycles. The molecular formula is C23H25FN4O2. The second kappa shape index (κ2) is 10.4. The molecule has 0 saturated carbocycles. The predicted molar refractivity (Wildman–Crippen MR) is 115 cm³/mol. The fourth-order valence-corrected chi connectivity index (χ4v) is 3.58. The summed E-state index contributed by atoms with van der Waals surface area (Å²) < 4.78 is 14.4. The van der Waals surface area contributed by atoms with Gasteiger partial charge in [0.2, 0.25) is 11.8 Å². The quantitative estimate of drug-likeness (QED) is 0.714. The van der Waals surface area contributed by atoms with Crippen molar-refractivity contribution in [1.82, 2.24) is 0 Å². The standard InChI is InChI=1S/C23H25FN4O2/c24-19-10-6-11-20(27-15-4-5-16-27)23(19)26-21(29)12-13-22(30)28(17-7-14-25)18-8-2-1-3-9-18/h1-3,6,8-11H,4-5,7,12-13,15-17H2,(H,26,29). The maximum absolute atomic E-state index is 14.4. The molecule has 0 bridgehead atoms. The van der Waals surface area contributed by atoms with Crippen molar-refractivity contribution >= 4 is 28.9 Å². The van der Waals surface area contributed by atoms with Crippen molar-refractivity contribution in [2.75, 3.05) is 34.8 Å². The van der Waals surface area contributed by atoms with E-state index in [4.69, 9.17) is 5.26 Å². The van der Waals surface area contributed by atoms with Gasteiger partial charge in [0.05, 0.1) is 18.2 Å². The lowest BCUT2D eigenvalue weighted by Crippen LogP contribution is -2.32. The molecule has 0 atom stereocenters. The minimum Gasteiger partial charge on any atom is -0.370 e. The van der Waals surface area contributed by atoms with Crippen LogP contribution in [0.2, 0.25) is 0 Å². The van der Waals surface area contributed by atoms with E-state index in [2.05, 4.69) is 10.2 Å². The van der Waals surface area contributed by atoms with Crippen LogP contribution in [0.15, 0.2) is 48.5 Å². The van der Waals surface area contributed by atoms with Crippen LogP contribution in [-0.4, -0.2) is 31.4 Å². The van der Waals surface area contributed by atoms with Crippen LogP contribution in [0.3, 0.4) is 0 Å². The highest BCUT2D eigenvalue weighted by Gasteiger charge is 2.21. The maximum Gasteiger partial charge on any atom is 0.227 e. The molecule has 7 heteroatoms. The Balaban J connectivity index is 1.64. The number of rotatable bonds is 8. The van der Waals surface area contributed by atoms with Gasteiger partial charge in [-0.05, 0) is 37.1 Å². The number of nitrogens with zero attached hydrogens (tertiary/aromatic N) is 3. The van der Waals surface area contributed by atoms with E-state index in [9.17, 15) is 14.0 Å². The molecule has 2 aromatic carbocycles. The summed E-state index contributed by atoms with van der Waals surface area (Å²) in [7, 11) is 0. The fraction of sp³-hybridized carbons (Fsp3) is 0.348. The monoisotopic (exact) mass is 408 g/mol. The minimum absolute atomic E-state index is 0.0281. The van der Waals surface area contributed by atoms with Crippen LogP contribution in [0.5, 0.6) is 0 Å². The first kappa shape index (κ1) is 21.3. The Morgan fingerprint density at radius 2 is 1.80 bits per heavy atom. The zero-order valence-corrected chi connectivity index (χ0v) is 16.8. The van der Waals surface area contributed by atoms with Gasteiger partial charge in [0, 0.05) is 38.2 Å². The second-order valence-electron chi connectivity index (χ2n) is 7.17. The molecule has 156 valence electrons. The Hall–Kier alpha value is -3.40. The van der Waals surface area contributed by atoms with Crippen molar-refractivity contribution in [2.24, 2.45) is 0 Å². The normalized spacial score (nSPS) is 13.0. The average Bonchev–Trinajstić information content (AvgIpc) is 3.29. The molecule has 1 N–H and O–H groups in total. The molecule has 1 heterocycles. The summed E-state index contributed by atoms with van der Waals surface area (Å²) in [5.74, 6) is -1.15. The fourth-order valence-electron chi connectivity index (χ4n) is 3.58. The summed E-state index contributed by atoms with van der Waals surface area (Å²) in [4.78, 5) is 28.8. The summed E-state index contributed by atoms with van der Waals surface area (Å²) >= 11 is 0. The lowest BCUT2D eigenvalue weighted by Gasteiger charge is -2.23. The van der Waals surface area contributed by atoms with Crippen LogP contribution in [0.1, 0.15) is 32.1 Å². The minimum atomic E-state index is -0.487. The molecule has 1 fully saturated rings. The van der Waals surface area contributed by atoms with Gasteiger partial charge in [0.25, 0.3) is 0 Å². The first-order chi connectivity index (χ1) is 14.6. The van der Waals surface area contributed by atoms with Gasteiger partial charge >= 0.3 is 0 Å². The molecule has 0 aromatic heterocycles. The molecule has 0 aliphatic carbocycles. The number of benzene rings is 2. The SMILES string of the molecule is N#CCCN(C(=O)CCC(=O)Nc1c(F)cccc1N1CCCC1)c1ccccc1. The summed E-state index contributed by atoms with van der Waals surface area (Å²) in [6.45, 7) is 1.92. The molecule has 2 aromatic rings. The van der Waals surface area contributed by atoms with E-state index in [1.807, 2.05) is 24.3 Å². The highest BCUT2D eigenvalue weighted by atomic mass is 19.1. The van der Waals surface area contributed by atoms with E-state index in [-0.39, 0.29) is 37.4 Å². The highest BCUT2D eigenvalue weighted by Crippen LogP contribution is 2.31. The van der Waals surface area contributed by atoms with Crippen LogP contribution in [0.25, 0.3) is 0 Å². The van der Waals surface area contributed by atoms with Crippen LogP contribution in [-0.2, 0) is 9.59 Å². The van der Waals surface area contributed by atoms with E-state index >= 15 is 0 Å². The number of carbonyl (C=O) groups is 2. The van der Waals surface area contributed by atoms with E-state index in [1.165, 1.54) is 11.0 Å².